The molecule has 0 aromatic heterocycles. The van der Waals surface area contributed by atoms with E-state index in [1.54, 1.807) is 0 Å². The average Bonchev–Trinajstić information content (AvgIpc) is 2.15. The van der Waals surface area contributed by atoms with Crippen LogP contribution in [0.25, 0.3) is 0 Å². The van der Waals surface area contributed by atoms with Gasteiger partial charge in [-0.25, -0.2) is 5.01 Å². The zero-order valence-corrected chi connectivity index (χ0v) is 8.55. The number of dihydropyridines is 1. The molecule has 0 bridgehead atoms. The van der Waals surface area contributed by atoms with Gasteiger partial charge < -0.3 is 5.32 Å². The maximum absolute atomic E-state index is 12.2. The van der Waals surface area contributed by atoms with E-state index >= 15 is 0 Å². The molecule has 1 aliphatic heterocycles. The summed E-state index contributed by atoms with van der Waals surface area (Å²) in [5, 5.41) is 4.03. The average molecular weight is 221 g/mol. The maximum Gasteiger partial charge on any atom is 0.417 e. The van der Waals surface area contributed by atoms with Crippen molar-refractivity contribution in [1.82, 2.24) is 10.3 Å². The fourth-order valence-electron chi connectivity index (χ4n) is 1.16. The standard InChI is InChI=1S/C9H14F3N3/c1-6(2)15(13)8-4-3-7(5-14-8)9(10,11)12/h3-6,8,14H,13H2,1-2H3. The van der Waals surface area contributed by atoms with Crippen LogP contribution >= 0.6 is 0 Å². The number of nitrogens with one attached hydrogen (secondary N) is 1. The molecular weight excluding hydrogens is 207 g/mol. The van der Waals surface area contributed by atoms with Gasteiger partial charge in [-0.15, -0.1) is 0 Å². The molecule has 1 unspecified atom stereocenters. The van der Waals surface area contributed by atoms with Crippen molar-refractivity contribution in [3.05, 3.63) is 23.9 Å². The molecule has 15 heavy (non-hydrogen) atoms. The molecule has 0 aromatic carbocycles. The van der Waals surface area contributed by atoms with E-state index in [1.165, 1.54) is 11.1 Å². The molecule has 0 aliphatic carbocycles. The van der Waals surface area contributed by atoms with Gasteiger partial charge in [0.25, 0.3) is 0 Å². The predicted octanol–water partition coefficient (Wildman–Crippen LogP) is 1.50. The summed E-state index contributed by atoms with van der Waals surface area (Å²) in [6.07, 6.45) is -1.35. The van der Waals surface area contributed by atoms with Gasteiger partial charge >= 0.3 is 6.18 Å². The molecule has 0 saturated heterocycles. The van der Waals surface area contributed by atoms with E-state index in [9.17, 15) is 13.2 Å². The van der Waals surface area contributed by atoms with Crippen molar-refractivity contribution in [2.45, 2.75) is 32.2 Å². The predicted molar refractivity (Wildman–Crippen MR) is 51.4 cm³/mol. The Hall–Kier alpha value is -1.01. The summed E-state index contributed by atoms with van der Waals surface area (Å²) in [5.74, 6) is 5.65. The fourth-order valence-corrected chi connectivity index (χ4v) is 1.16. The Morgan fingerprint density at radius 2 is 2.07 bits per heavy atom. The monoisotopic (exact) mass is 221 g/mol. The summed E-state index contributed by atoms with van der Waals surface area (Å²) < 4.78 is 36.7. The van der Waals surface area contributed by atoms with Gasteiger partial charge in [-0.2, -0.15) is 13.2 Å². The van der Waals surface area contributed by atoms with Gasteiger partial charge in [-0.1, -0.05) is 0 Å². The molecule has 0 radical (unpaired) electrons. The van der Waals surface area contributed by atoms with Crippen LogP contribution < -0.4 is 11.2 Å². The first-order chi connectivity index (χ1) is 6.82. The Kier molecular flexibility index (Phi) is 3.41. The van der Waals surface area contributed by atoms with Crippen molar-refractivity contribution in [2.24, 2.45) is 5.84 Å². The van der Waals surface area contributed by atoms with E-state index < -0.39 is 17.9 Å². The number of hydrogen-bond donors (Lipinski definition) is 2. The Morgan fingerprint density at radius 1 is 1.47 bits per heavy atom. The molecule has 3 N–H and O–H groups in total. The van der Waals surface area contributed by atoms with Crippen molar-refractivity contribution >= 4 is 0 Å². The SMILES string of the molecule is CC(C)N(N)C1C=CC(C(F)(F)F)=CN1. The Bertz CT molecular complexity index is 281. The lowest BCUT2D eigenvalue weighted by molar-refractivity contribution is -0.0890. The maximum atomic E-state index is 12.2. The number of rotatable bonds is 2. The van der Waals surface area contributed by atoms with Gasteiger partial charge in [-0.05, 0) is 26.0 Å². The van der Waals surface area contributed by atoms with E-state index in [1.807, 2.05) is 13.8 Å². The highest BCUT2D eigenvalue weighted by Gasteiger charge is 2.33. The summed E-state index contributed by atoms with van der Waals surface area (Å²) in [4.78, 5) is 0. The molecule has 86 valence electrons. The number of nitrogens with two attached hydrogens (primary N) is 1. The topological polar surface area (TPSA) is 41.3 Å². The van der Waals surface area contributed by atoms with Crippen LogP contribution in [0, 0.1) is 0 Å². The molecule has 1 heterocycles. The van der Waals surface area contributed by atoms with Crippen molar-refractivity contribution < 1.29 is 13.2 Å². The van der Waals surface area contributed by atoms with E-state index in [4.69, 9.17) is 5.84 Å². The van der Waals surface area contributed by atoms with Crippen LogP contribution in [-0.4, -0.2) is 23.4 Å². The molecule has 1 atom stereocenters. The molecule has 0 aromatic rings. The van der Waals surface area contributed by atoms with Gasteiger partial charge in [0.1, 0.15) is 6.17 Å². The van der Waals surface area contributed by atoms with Crippen molar-refractivity contribution in [3.63, 3.8) is 0 Å². The molecule has 3 nitrogen and oxygen atoms in total. The zero-order chi connectivity index (χ0) is 11.6. The van der Waals surface area contributed by atoms with Crippen LogP contribution in [0.2, 0.25) is 0 Å². The van der Waals surface area contributed by atoms with Gasteiger partial charge in [0.2, 0.25) is 0 Å². The first-order valence-corrected chi connectivity index (χ1v) is 4.57. The third-order valence-corrected chi connectivity index (χ3v) is 2.11. The number of alkyl halides is 3. The number of hydrogen-bond acceptors (Lipinski definition) is 3. The highest BCUT2D eigenvalue weighted by molar-refractivity contribution is 5.27. The molecule has 1 aliphatic rings. The number of allylic oxidation sites excluding steroid dienone is 2. The van der Waals surface area contributed by atoms with Crippen LogP contribution in [0.1, 0.15) is 13.8 Å². The van der Waals surface area contributed by atoms with E-state index in [0.717, 1.165) is 12.3 Å². The van der Waals surface area contributed by atoms with Crippen molar-refractivity contribution in [1.29, 1.82) is 0 Å². The Morgan fingerprint density at radius 3 is 2.40 bits per heavy atom. The second kappa shape index (κ2) is 4.24. The van der Waals surface area contributed by atoms with E-state index in [0.29, 0.717) is 0 Å². The first kappa shape index (κ1) is 12.1. The van der Waals surface area contributed by atoms with E-state index in [2.05, 4.69) is 5.32 Å². The van der Waals surface area contributed by atoms with E-state index in [-0.39, 0.29) is 6.04 Å². The molecule has 6 heteroatoms. The first-order valence-electron chi connectivity index (χ1n) is 4.57. The molecule has 0 amide bonds. The normalized spacial score (nSPS) is 21.9. The number of hydrazine groups is 1. The lowest BCUT2D eigenvalue weighted by atomic mass is 10.2. The summed E-state index contributed by atoms with van der Waals surface area (Å²) in [6, 6.07) is 0.0491. The highest BCUT2D eigenvalue weighted by Crippen LogP contribution is 2.27. The molecule has 0 saturated carbocycles. The van der Waals surface area contributed by atoms with Crippen LogP contribution in [0.3, 0.4) is 0 Å². The highest BCUT2D eigenvalue weighted by atomic mass is 19.4. The second-order valence-electron chi connectivity index (χ2n) is 3.61. The number of halogens is 3. The van der Waals surface area contributed by atoms with Crippen LogP contribution in [0.15, 0.2) is 23.9 Å². The van der Waals surface area contributed by atoms with Crippen LogP contribution in [-0.2, 0) is 0 Å². The minimum atomic E-state index is -4.31. The quantitative estimate of drug-likeness (QED) is 0.548. The van der Waals surface area contributed by atoms with Gasteiger partial charge in [0.05, 0.1) is 5.57 Å². The minimum absolute atomic E-state index is 0.0491. The van der Waals surface area contributed by atoms with Crippen molar-refractivity contribution in [2.75, 3.05) is 0 Å². The minimum Gasteiger partial charge on any atom is -0.371 e. The summed E-state index contributed by atoms with van der Waals surface area (Å²) in [5.41, 5.74) is -0.698. The van der Waals surface area contributed by atoms with Crippen LogP contribution in [0.4, 0.5) is 13.2 Å². The largest absolute Gasteiger partial charge is 0.417 e. The Balaban J connectivity index is 2.64. The third-order valence-electron chi connectivity index (χ3n) is 2.11. The summed E-state index contributed by atoms with van der Waals surface area (Å²) >= 11 is 0. The summed E-state index contributed by atoms with van der Waals surface area (Å²) in [6.45, 7) is 3.72. The third kappa shape index (κ3) is 2.97. The van der Waals surface area contributed by atoms with Gasteiger partial charge in [0.15, 0.2) is 0 Å². The summed E-state index contributed by atoms with van der Waals surface area (Å²) in [7, 11) is 0. The molecule has 0 fully saturated rings. The molecular formula is C9H14F3N3. The van der Waals surface area contributed by atoms with Crippen LogP contribution in [0.5, 0.6) is 0 Å². The zero-order valence-electron chi connectivity index (χ0n) is 8.55. The van der Waals surface area contributed by atoms with Gasteiger partial charge in [0, 0.05) is 12.2 Å². The smallest absolute Gasteiger partial charge is 0.371 e. The number of nitrogens with zero attached hydrogens (tertiary/aromatic N) is 1. The lowest BCUT2D eigenvalue weighted by Crippen LogP contribution is -2.51. The second-order valence-corrected chi connectivity index (χ2v) is 3.61. The fraction of sp³-hybridized carbons (Fsp3) is 0.556. The lowest BCUT2D eigenvalue weighted by Gasteiger charge is -2.30. The molecule has 0 spiro atoms. The van der Waals surface area contributed by atoms with Gasteiger partial charge in [-0.3, -0.25) is 5.84 Å². The van der Waals surface area contributed by atoms with Crippen molar-refractivity contribution in [3.8, 4) is 0 Å². The Labute approximate surface area is 86.4 Å². The molecule has 1 rings (SSSR count).